The molecule has 0 atom stereocenters. The number of carbonyl (C=O) groups excluding carboxylic acids is 1. The molecule has 0 saturated heterocycles. The molecule has 0 aliphatic rings. The van der Waals surface area contributed by atoms with Crippen molar-refractivity contribution in [3.8, 4) is 11.5 Å². The number of aromatic nitrogens is 1. The molecule has 24 heavy (non-hydrogen) atoms. The highest BCUT2D eigenvalue weighted by Gasteiger charge is 2.09. The molecule has 0 saturated carbocycles. The average Bonchev–Trinajstić information content (AvgIpc) is 2.58. The van der Waals surface area contributed by atoms with Crippen LogP contribution in [0.1, 0.15) is 16.8 Å². The Morgan fingerprint density at radius 3 is 2.79 bits per heavy atom. The Hall–Kier alpha value is -3.00. The molecule has 1 aromatic heterocycles. The number of aromatic hydroxyl groups is 1. The van der Waals surface area contributed by atoms with Gasteiger partial charge in [-0.05, 0) is 31.2 Å². The van der Waals surface area contributed by atoms with Crippen LogP contribution in [0.15, 0.2) is 35.6 Å². The van der Waals surface area contributed by atoms with Crippen LogP contribution in [0.4, 0.5) is 4.39 Å². The number of ether oxygens (including phenoxy) is 1. The summed E-state index contributed by atoms with van der Waals surface area (Å²) in [5, 5.41) is 22.9. The van der Waals surface area contributed by atoms with Crippen molar-refractivity contribution in [2.24, 2.45) is 5.10 Å². The van der Waals surface area contributed by atoms with Gasteiger partial charge in [0.05, 0.1) is 18.5 Å². The second-order valence-corrected chi connectivity index (χ2v) is 4.83. The van der Waals surface area contributed by atoms with Crippen molar-refractivity contribution < 1.29 is 24.1 Å². The second kappa shape index (κ2) is 8.02. The second-order valence-electron chi connectivity index (χ2n) is 4.83. The lowest BCUT2D eigenvalue weighted by molar-refractivity contribution is -0.123. The summed E-state index contributed by atoms with van der Waals surface area (Å²) in [5.74, 6) is -0.711. The maximum atomic E-state index is 12.7. The summed E-state index contributed by atoms with van der Waals surface area (Å²) in [7, 11) is 0. The molecule has 0 aliphatic carbocycles. The minimum absolute atomic E-state index is 0.123. The van der Waals surface area contributed by atoms with Gasteiger partial charge in [0.2, 0.25) is 0 Å². The van der Waals surface area contributed by atoms with Crippen molar-refractivity contribution in [3.63, 3.8) is 0 Å². The third kappa shape index (κ3) is 4.50. The van der Waals surface area contributed by atoms with E-state index in [1.165, 1.54) is 36.7 Å². The van der Waals surface area contributed by atoms with Gasteiger partial charge in [-0.1, -0.05) is 0 Å². The Bertz CT molecular complexity index is 748. The molecule has 1 heterocycles. The van der Waals surface area contributed by atoms with Crippen molar-refractivity contribution in [2.45, 2.75) is 13.5 Å². The van der Waals surface area contributed by atoms with Crippen molar-refractivity contribution in [1.82, 2.24) is 10.4 Å². The number of pyridine rings is 1. The highest BCUT2D eigenvalue weighted by atomic mass is 19.1. The molecule has 0 aliphatic heterocycles. The zero-order chi connectivity index (χ0) is 17.5. The molecule has 0 unspecified atom stereocenters. The Balaban J connectivity index is 1.93. The van der Waals surface area contributed by atoms with E-state index in [0.29, 0.717) is 17.0 Å². The number of aryl methyl sites for hydroxylation is 1. The number of hydrogen-bond donors (Lipinski definition) is 3. The Labute approximate surface area is 137 Å². The molecule has 1 amide bonds. The smallest absolute Gasteiger partial charge is 0.277 e. The lowest BCUT2D eigenvalue weighted by Crippen LogP contribution is -2.24. The first-order valence-corrected chi connectivity index (χ1v) is 7.00. The van der Waals surface area contributed by atoms with Gasteiger partial charge in [0.25, 0.3) is 5.91 Å². The van der Waals surface area contributed by atoms with Gasteiger partial charge in [-0.2, -0.15) is 5.10 Å². The van der Waals surface area contributed by atoms with Crippen LogP contribution >= 0.6 is 0 Å². The van der Waals surface area contributed by atoms with E-state index in [1.54, 1.807) is 6.92 Å². The number of amides is 1. The van der Waals surface area contributed by atoms with Crippen molar-refractivity contribution in [3.05, 3.63) is 53.1 Å². The van der Waals surface area contributed by atoms with Crippen LogP contribution in [0.2, 0.25) is 0 Å². The number of aliphatic hydroxyl groups is 1. The first kappa shape index (κ1) is 17.4. The minimum atomic E-state index is -0.536. The van der Waals surface area contributed by atoms with Crippen LogP contribution in [-0.2, 0) is 11.4 Å². The molecule has 126 valence electrons. The van der Waals surface area contributed by atoms with Gasteiger partial charge in [0, 0.05) is 17.3 Å². The van der Waals surface area contributed by atoms with Crippen molar-refractivity contribution >= 4 is 12.1 Å². The first-order chi connectivity index (χ1) is 11.5. The van der Waals surface area contributed by atoms with Gasteiger partial charge in [-0.3, -0.25) is 9.78 Å². The van der Waals surface area contributed by atoms with Crippen LogP contribution in [-0.4, -0.2) is 33.9 Å². The summed E-state index contributed by atoms with van der Waals surface area (Å²) in [6, 6.07) is 5.24. The Morgan fingerprint density at radius 1 is 1.42 bits per heavy atom. The number of rotatable bonds is 6. The van der Waals surface area contributed by atoms with Crippen LogP contribution in [0.5, 0.6) is 11.5 Å². The first-order valence-electron chi connectivity index (χ1n) is 7.00. The maximum absolute atomic E-state index is 12.7. The normalized spacial score (nSPS) is 10.8. The number of hydrogen-bond acceptors (Lipinski definition) is 6. The van der Waals surface area contributed by atoms with Crippen molar-refractivity contribution in [2.75, 3.05) is 6.61 Å². The van der Waals surface area contributed by atoms with E-state index in [4.69, 9.17) is 4.74 Å². The molecular weight excluding hydrogens is 317 g/mol. The zero-order valence-electron chi connectivity index (χ0n) is 12.9. The summed E-state index contributed by atoms with van der Waals surface area (Å²) < 4.78 is 17.9. The number of halogens is 1. The third-order valence-corrected chi connectivity index (χ3v) is 3.09. The molecule has 1 aromatic carbocycles. The number of hydrazone groups is 1. The summed E-state index contributed by atoms with van der Waals surface area (Å²) in [4.78, 5) is 15.5. The van der Waals surface area contributed by atoms with Crippen LogP contribution in [0, 0.1) is 12.7 Å². The van der Waals surface area contributed by atoms with Crippen LogP contribution in [0.25, 0.3) is 0 Å². The van der Waals surface area contributed by atoms with Gasteiger partial charge in [0.15, 0.2) is 6.61 Å². The molecule has 2 aromatic rings. The molecular formula is C16H16FN3O4. The topological polar surface area (TPSA) is 104 Å². The predicted molar refractivity (Wildman–Crippen MR) is 84.2 cm³/mol. The Morgan fingerprint density at radius 2 is 2.12 bits per heavy atom. The maximum Gasteiger partial charge on any atom is 0.277 e. The summed E-state index contributed by atoms with van der Waals surface area (Å²) in [5.41, 5.74) is 3.25. The standard InChI is InChI=1S/C16H16FN3O4/c1-10-16(23)14(11(8-21)6-18-10)7-19-20-15(22)9-24-13-4-2-12(17)3-5-13/h2-7,21,23H,8-9H2,1H3,(H,20,22). The van der Waals surface area contributed by atoms with E-state index in [9.17, 15) is 19.4 Å². The van der Waals surface area contributed by atoms with E-state index < -0.39 is 11.7 Å². The van der Waals surface area contributed by atoms with E-state index in [2.05, 4.69) is 15.5 Å². The SMILES string of the molecule is Cc1ncc(CO)c(C=NNC(=O)COc2ccc(F)cc2)c1O. The highest BCUT2D eigenvalue weighted by molar-refractivity contribution is 5.87. The quantitative estimate of drug-likeness (QED) is 0.545. The zero-order valence-corrected chi connectivity index (χ0v) is 12.9. The largest absolute Gasteiger partial charge is 0.505 e. The summed E-state index contributed by atoms with van der Waals surface area (Å²) in [6.45, 7) is 0.962. The fourth-order valence-corrected chi connectivity index (χ4v) is 1.80. The number of nitrogens with zero attached hydrogens (tertiary/aromatic N) is 2. The predicted octanol–water partition coefficient (Wildman–Crippen LogP) is 1.26. The molecule has 8 heteroatoms. The van der Waals surface area contributed by atoms with Crippen molar-refractivity contribution in [1.29, 1.82) is 0 Å². The highest BCUT2D eigenvalue weighted by Crippen LogP contribution is 2.21. The lowest BCUT2D eigenvalue weighted by atomic mass is 10.1. The number of nitrogens with one attached hydrogen (secondary N) is 1. The van der Waals surface area contributed by atoms with E-state index in [0.717, 1.165) is 0 Å². The monoisotopic (exact) mass is 333 g/mol. The fourth-order valence-electron chi connectivity index (χ4n) is 1.80. The minimum Gasteiger partial charge on any atom is -0.505 e. The molecule has 0 bridgehead atoms. The molecule has 0 radical (unpaired) electrons. The van der Waals surface area contributed by atoms with Gasteiger partial charge >= 0.3 is 0 Å². The van der Waals surface area contributed by atoms with Gasteiger partial charge < -0.3 is 14.9 Å². The van der Waals surface area contributed by atoms with Gasteiger partial charge in [-0.25, -0.2) is 9.82 Å². The average molecular weight is 333 g/mol. The van der Waals surface area contributed by atoms with Gasteiger partial charge in [-0.15, -0.1) is 0 Å². The summed E-state index contributed by atoms with van der Waals surface area (Å²) >= 11 is 0. The lowest BCUT2D eigenvalue weighted by Gasteiger charge is -2.07. The van der Waals surface area contributed by atoms with E-state index >= 15 is 0 Å². The number of benzene rings is 1. The van der Waals surface area contributed by atoms with E-state index in [-0.39, 0.29) is 24.5 Å². The number of aliphatic hydroxyl groups excluding tert-OH is 1. The van der Waals surface area contributed by atoms with Crippen LogP contribution < -0.4 is 10.2 Å². The molecule has 3 N–H and O–H groups in total. The molecule has 0 spiro atoms. The molecule has 0 fully saturated rings. The fraction of sp³-hybridized carbons (Fsp3) is 0.188. The van der Waals surface area contributed by atoms with Crippen LogP contribution in [0.3, 0.4) is 0 Å². The molecule has 7 nitrogen and oxygen atoms in total. The molecule has 2 rings (SSSR count). The number of carbonyl (C=O) groups is 1. The van der Waals surface area contributed by atoms with Gasteiger partial charge in [0.1, 0.15) is 17.3 Å². The summed E-state index contributed by atoms with van der Waals surface area (Å²) in [6.07, 6.45) is 2.63. The third-order valence-electron chi connectivity index (χ3n) is 3.09. The van der Waals surface area contributed by atoms with E-state index in [1.807, 2.05) is 0 Å². The Kier molecular flexibility index (Phi) is 5.80.